The Morgan fingerprint density at radius 2 is 2.36 bits per heavy atom. The molecule has 2 N–H and O–H groups in total. The maximum absolute atomic E-state index is 9.78. The van der Waals surface area contributed by atoms with Gasteiger partial charge in [-0.25, -0.2) is 0 Å². The Bertz CT molecular complexity index is 345. The van der Waals surface area contributed by atoms with Gasteiger partial charge in [0.2, 0.25) is 0 Å². The number of hydrogen-bond donors (Lipinski definition) is 2. The second-order valence-corrected chi connectivity index (χ2v) is 2.83. The van der Waals surface area contributed by atoms with E-state index in [2.05, 4.69) is 17.1 Å². The van der Waals surface area contributed by atoms with E-state index in [-0.39, 0.29) is 5.75 Å². The van der Waals surface area contributed by atoms with E-state index >= 15 is 0 Å². The third kappa shape index (κ3) is 2.36. The molecule has 0 saturated heterocycles. The molecule has 1 aromatic rings. The zero-order valence-electron chi connectivity index (χ0n) is 8.20. The molecule has 0 atom stereocenters. The van der Waals surface area contributed by atoms with E-state index in [1.54, 1.807) is 19.3 Å². The number of nitrogens with one attached hydrogen (secondary N) is 1. The lowest BCUT2D eigenvalue weighted by atomic mass is 10.1. The summed E-state index contributed by atoms with van der Waals surface area (Å²) in [7, 11) is 1.71. The Hall–Kier alpha value is -1.77. The minimum absolute atomic E-state index is 0.270. The highest BCUT2D eigenvalue weighted by atomic mass is 16.3. The van der Waals surface area contributed by atoms with Crippen LogP contribution in [0.3, 0.4) is 0 Å². The number of allylic oxidation sites excluding steroid dienone is 1. The predicted octanol–water partition coefficient (Wildman–Crippen LogP) is 1.67. The molecule has 3 heteroatoms. The number of phenolic OH excluding ortho intramolecular Hbond substituents is 1. The first kappa shape index (κ1) is 10.3. The molecule has 0 heterocycles. The Balaban J connectivity index is 3.00. The Labute approximate surface area is 83.8 Å². The van der Waals surface area contributed by atoms with Gasteiger partial charge in [0.1, 0.15) is 5.75 Å². The van der Waals surface area contributed by atoms with Crippen LogP contribution in [0, 0.1) is 0 Å². The number of phenols is 1. The third-order valence-corrected chi connectivity index (χ3v) is 1.85. The molecule has 0 aliphatic heterocycles. The fourth-order valence-corrected chi connectivity index (χ4v) is 1.17. The highest BCUT2D eigenvalue weighted by Crippen LogP contribution is 2.21. The molecule has 0 radical (unpaired) electrons. The van der Waals surface area contributed by atoms with Crippen LogP contribution in [-0.4, -0.2) is 18.4 Å². The number of benzene rings is 1. The smallest absolute Gasteiger partial charge is 0.127 e. The summed E-state index contributed by atoms with van der Waals surface area (Å²) >= 11 is 0. The molecule has 1 rings (SSSR count). The molecule has 0 amide bonds. The van der Waals surface area contributed by atoms with Crippen molar-refractivity contribution in [3.8, 4) is 5.75 Å². The molecule has 0 fully saturated rings. The lowest BCUT2D eigenvalue weighted by Gasteiger charge is -2.03. The van der Waals surface area contributed by atoms with E-state index in [4.69, 9.17) is 0 Å². The van der Waals surface area contributed by atoms with E-state index in [0.717, 1.165) is 5.56 Å². The van der Waals surface area contributed by atoms with Crippen molar-refractivity contribution >= 4 is 6.21 Å². The minimum Gasteiger partial charge on any atom is -0.507 e. The molecule has 0 unspecified atom stereocenters. The van der Waals surface area contributed by atoms with Gasteiger partial charge in [-0.15, -0.1) is 6.58 Å². The first-order chi connectivity index (χ1) is 6.79. The quantitative estimate of drug-likeness (QED) is 0.431. The summed E-state index contributed by atoms with van der Waals surface area (Å²) in [6.07, 6.45) is 4.00. The number of hydrazone groups is 1. The van der Waals surface area contributed by atoms with E-state index in [9.17, 15) is 5.11 Å². The van der Waals surface area contributed by atoms with Crippen LogP contribution in [0.15, 0.2) is 36.0 Å². The minimum atomic E-state index is 0.270. The highest BCUT2D eigenvalue weighted by Gasteiger charge is 2.02. The van der Waals surface area contributed by atoms with E-state index < -0.39 is 0 Å². The van der Waals surface area contributed by atoms with Gasteiger partial charge in [-0.2, -0.15) is 5.10 Å². The van der Waals surface area contributed by atoms with Crippen LogP contribution in [0.1, 0.15) is 11.1 Å². The van der Waals surface area contributed by atoms with Crippen LogP contribution in [0.2, 0.25) is 0 Å². The lowest BCUT2D eigenvalue weighted by molar-refractivity contribution is 0.469. The van der Waals surface area contributed by atoms with Gasteiger partial charge in [-0.1, -0.05) is 18.2 Å². The fraction of sp³-hybridized carbons (Fsp3) is 0.182. The molecule has 74 valence electrons. The van der Waals surface area contributed by atoms with Gasteiger partial charge < -0.3 is 10.5 Å². The first-order valence-electron chi connectivity index (χ1n) is 4.41. The zero-order valence-corrected chi connectivity index (χ0v) is 8.20. The van der Waals surface area contributed by atoms with Crippen LogP contribution in [-0.2, 0) is 6.42 Å². The molecule has 0 saturated carbocycles. The van der Waals surface area contributed by atoms with Crippen molar-refractivity contribution in [2.24, 2.45) is 5.10 Å². The number of nitrogens with zero attached hydrogens (tertiary/aromatic N) is 1. The SMILES string of the molecule is C=CCc1cccc(/C=N/NC)c1O. The van der Waals surface area contributed by atoms with E-state index in [1.165, 1.54) is 0 Å². The summed E-state index contributed by atoms with van der Waals surface area (Å²) in [4.78, 5) is 0. The van der Waals surface area contributed by atoms with Crippen molar-refractivity contribution in [2.45, 2.75) is 6.42 Å². The molecule has 0 aliphatic rings. The van der Waals surface area contributed by atoms with Gasteiger partial charge in [0, 0.05) is 12.6 Å². The molecule has 0 spiro atoms. The standard InChI is InChI=1S/C11H14N2O/c1-3-5-9-6-4-7-10(11(9)14)8-13-12-2/h3-4,6-8,12,14H,1,5H2,2H3/b13-8+. The third-order valence-electron chi connectivity index (χ3n) is 1.85. The number of para-hydroxylation sites is 1. The van der Waals surface area contributed by atoms with Crippen molar-refractivity contribution in [1.29, 1.82) is 0 Å². The van der Waals surface area contributed by atoms with Gasteiger partial charge in [0.05, 0.1) is 6.21 Å². The average molecular weight is 190 g/mol. The van der Waals surface area contributed by atoms with Gasteiger partial charge in [-0.05, 0) is 18.1 Å². The van der Waals surface area contributed by atoms with Crippen LogP contribution in [0.25, 0.3) is 0 Å². The molecule has 0 aromatic heterocycles. The van der Waals surface area contributed by atoms with Crippen molar-refractivity contribution in [3.63, 3.8) is 0 Å². The maximum atomic E-state index is 9.78. The molecular weight excluding hydrogens is 176 g/mol. The van der Waals surface area contributed by atoms with Crippen LogP contribution >= 0.6 is 0 Å². The lowest BCUT2D eigenvalue weighted by Crippen LogP contribution is -1.96. The Kier molecular flexibility index (Phi) is 3.73. The van der Waals surface area contributed by atoms with E-state index in [1.807, 2.05) is 18.2 Å². The normalized spacial score (nSPS) is 10.4. The number of aromatic hydroxyl groups is 1. The molecule has 3 nitrogen and oxygen atoms in total. The maximum Gasteiger partial charge on any atom is 0.127 e. The number of hydrogen-bond acceptors (Lipinski definition) is 3. The molecule has 0 aliphatic carbocycles. The van der Waals surface area contributed by atoms with Crippen molar-refractivity contribution in [2.75, 3.05) is 7.05 Å². The van der Waals surface area contributed by atoms with Gasteiger partial charge in [-0.3, -0.25) is 0 Å². The summed E-state index contributed by atoms with van der Waals surface area (Å²) in [6.45, 7) is 3.63. The second-order valence-electron chi connectivity index (χ2n) is 2.83. The van der Waals surface area contributed by atoms with Gasteiger partial charge in [0.15, 0.2) is 0 Å². The predicted molar refractivity (Wildman–Crippen MR) is 58.7 cm³/mol. The fourth-order valence-electron chi connectivity index (χ4n) is 1.17. The van der Waals surface area contributed by atoms with Crippen LogP contribution < -0.4 is 5.43 Å². The van der Waals surface area contributed by atoms with Gasteiger partial charge >= 0.3 is 0 Å². The summed E-state index contributed by atoms with van der Waals surface area (Å²) in [5.41, 5.74) is 4.20. The zero-order chi connectivity index (χ0) is 10.4. The first-order valence-corrected chi connectivity index (χ1v) is 4.41. The average Bonchev–Trinajstić information content (AvgIpc) is 2.20. The molecule has 0 bridgehead atoms. The topological polar surface area (TPSA) is 44.6 Å². The summed E-state index contributed by atoms with van der Waals surface area (Å²) < 4.78 is 0. The summed E-state index contributed by atoms with van der Waals surface area (Å²) in [6, 6.07) is 5.56. The van der Waals surface area contributed by atoms with Crippen molar-refractivity contribution < 1.29 is 5.11 Å². The second kappa shape index (κ2) is 5.07. The largest absolute Gasteiger partial charge is 0.507 e. The summed E-state index contributed by atoms with van der Waals surface area (Å²) in [5.74, 6) is 0.270. The molecule has 14 heavy (non-hydrogen) atoms. The Morgan fingerprint density at radius 3 is 3.00 bits per heavy atom. The summed E-state index contributed by atoms with van der Waals surface area (Å²) in [5, 5.41) is 13.6. The number of rotatable bonds is 4. The van der Waals surface area contributed by atoms with Crippen molar-refractivity contribution in [1.82, 2.24) is 5.43 Å². The Morgan fingerprint density at radius 1 is 1.57 bits per heavy atom. The van der Waals surface area contributed by atoms with Crippen LogP contribution in [0.4, 0.5) is 0 Å². The molecular formula is C11H14N2O. The van der Waals surface area contributed by atoms with Gasteiger partial charge in [0.25, 0.3) is 0 Å². The van der Waals surface area contributed by atoms with Crippen LogP contribution in [0.5, 0.6) is 5.75 Å². The highest BCUT2D eigenvalue weighted by molar-refractivity contribution is 5.83. The van der Waals surface area contributed by atoms with Crippen molar-refractivity contribution in [3.05, 3.63) is 42.0 Å². The molecule has 1 aromatic carbocycles. The monoisotopic (exact) mass is 190 g/mol. The van der Waals surface area contributed by atoms with E-state index in [0.29, 0.717) is 12.0 Å².